The Hall–Kier alpha value is -2.33. The van der Waals surface area contributed by atoms with Crippen molar-refractivity contribution in [2.75, 3.05) is 26.2 Å². The number of benzene rings is 2. The van der Waals surface area contributed by atoms with Gasteiger partial charge in [0.2, 0.25) is 0 Å². The molecule has 0 radical (unpaired) electrons. The van der Waals surface area contributed by atoms with Crippen molar-refractivity contribution in [2.45, 2.75) is 32.6 Å². The van der Waals surface area contributed by atoms with E-state index in [-0.39, 0.29) is 0 Å². The lowest BCUT2D eigenvalue weighted by molar-refractivity contribution is 0.162. The second-order valence-corrected chi connectivity index (χ2v) is 7.65. The number of hydrogen-bond acceptors (Lipinski definition) is 4. The SMILES string of the molecule is Cc1ccc2c(OCCC3CCN(CCc4ccccc4)CC3)noc2c1. The number of piperidine rings is 1. The maximum atomic E-state index is 5.92. The van der Waals surface area contributed by atoms with E-state index in [0.29, 0.717) is 12.5 Å². The number of nitrogens with zero attached hydrogens (tertiary/aromatic N) is 2. The fraction of sp³-hybridized carbons (Fsp3) is 0.435. The van der Waals surface area contributed by atoms with Gasteiger partial charge in [-0.15, -0.1) is 0 Å². The Labute approximate surface area is 161 Å². The zero-order chi connectivity index (χ0) is 18.5. The van der Waals surface area contributed by atoms with E-state index < -0.39 is 0 Å². The monoisotopic (exact) mass is 364 g/mol. The molecule has 1 aliphatic rings. The zero-order valence-corrected chi connectivity index (χ0v) is 16.1. The van der Waals surface area contributed by atoms with Gasteiger partial charge in [0.25, 0.3) is 5.88 Å². The summed E-state index contributed by atoms with van der Waals surface area (Å²) in [6.07, 6.45) is 4.76. The first-order valence-electron chi connectivity index (χ1n) is 10.0. The van der Waals surface area contributed by atoms with Crippen LogP contribution in [0.1, 0.15) is 30.4 Å². The standard InChI is InChI=1S/C23H28N2O2/c1-18-7-8-21-22(17-18)27-24-23(21)26-16-12-20-10-14-25(15-11-20)13-9-19-5-3-2-4-6-19/h2-8,17,20H,9-16H2,1H3. The largest absolute Gasteiger partial charge is 0.475 e. The number of ether oxygens (including phenoxy) is 1. The Morgan fingerprint density at radius 1 is 1.11 bits per heavy atom. The van der Waals surface area contributed by atoms with Gasteiger partial charge in [-0.3, -0.25) is 0 Å². The fourth-order valence-electron chi connectivity index (χ4n) is 3.88. The predicted octanol–water partition coefficient (Wildman–Crippen LogP) is 4.86. The molecule has 1 aromatic heterocycles. The first-order valence-corrected chi connectivity index (χ1v) is 10.0. The Bertz CT molecular complexity index is 851. The first-order chi connectivity index (χ1) is 13.3. The van der Waals surface area contributed by atoms with Gasteiger partial charge in [0, 0.05) is 6.54 Å². The van der Waals surface area contributed by atoms with Gasteiger partial charge in [-0.25, -0.2) is 0 Å². The highest BCUT2D eigenvalue weighted by molar-refractivity contribution is 5.82. The third-order valence-corrected chi connectivity index (χ3v) is 5.63. The summed E-state index contributed by atoms with van der Waals surface area (Å²) in [4.78, 5) is 2.60. The predicted molar refractivity (Wildman–Crippen MR) is 108 cm³/mol. The van der Waals surface area contributed by atoms with Crippen LogP contribution in [0.5, 0.6) is 5.88 Å². The van der Waals surface area contributed by atoms with Crippen molar-refractivity contribution >= 4 is 11.0 Å². The Morgan fingerprint density at radius 2 is 1.93 bits per heavy atom. The Morgan fingerprint density at radius 3 is 2.74 bits per heavy atom. The maximum absolute atomic E-state index is 5.92. The highest BCUT2D eigenvalue weighted by Gasteiger charge is 2.19. The molecule has 0 N–H and O–H groups in total. The smallest absolute Gasteiger partial charge is 0.262 e. The maximum Gasteiger partial charge on any atom is 0.262 e. The highest BCUT2D eigenvalue weighted by Crippen LogP contribution is 2.27. The van der Waals surface area contributed by atoms with Crippen LogP contribution in [0.25, 0.3) is 11.0 Å². The third kappa shape index (κ3) is 4.69. The molecule has 1 fully saturated rings. The molecule has 0 aliphatic carbocycles. The molecule has 0 bridgehead atoms. The summed E-state index contributed by atoms with van der Waals surface area (Å²) in [7, 11) is 0. The number of likely N-dealkylation sites (tertiary alicyclic amines) is 1. The van der Waals surface area contributed by atoms with Crippen LogP contribution in [0, 0.1) is 12.8 Å². The number of rotatable bonds is 7. The molecule has 4 rings (SSSR count). The lowest BCUT2D eigenvalue weighted by Gasteiger charge is -2.31. The lowest BCUT2D eigenvalue weighted by Crippen LogP contribution is -2.35. The van der Waals surface area contributed by atoms with E-state index in [1.165, 1.54) is 37.1 Å². The number of aromatic nitrogens is 1. The summed E-state index contributed by atoms with van der Waals surface area (Å²) in [6, 6.07) is 16.9. The highest BCUT2D eigenvalue weighted by atomic mass is 16.5. The van der Waals surface area contributed by atoms with Gasteiger partial charge in [0.15, 0.2) is 5.58 Å². The van der Waals surface area contributed by atoms with Gasteiger partial charge in [0.1, 0.15) is 0 Å². The molecule has 27 heavy (non-hydrogen) atoms. The van der Waals surface area contributed by atoms with Crippen molar-refractivity contribution < 1.29 is 9.26 Å². The fourth-order valence-corrected chi connectivity index (χ4v) is 3.88. The Kier molecular flexibility index (Phi) is 5.73. The molecule has 142 valence electrons. The summed E-state index contributed by atoms with van der Waals surface area (Å²) < 4.78 is 11.3. The summed E-state index contributed by atoms with van der Waals surface area (Å²) in [5.74, 6) is 1.38. The van der Waals surface area contributed by atoms with Crippen molar-refractivity contribution in [1.82, 2.24) is 10.1 Å². The molecule has 2 aromatic carbocycles. The van der Waals surface area contributed by atoms with Crippen LogP contribution >= 0.6 is 0 Å². The molecule has 0 amide bonds. The van der Waals surface area contributed by atoms with Crippen molar-refractivity contribution in [3.05, 3.63) is 59.7 Å². The van der Waals surface area contributed by atoms with Crippen LogP contribution in [0.4, 0.5) is 0 Å². The van der Waals surface area contributed by atoms with E-state index in [1.807, 2.05) is 12.1 Å². The van der Waals surface area contributed by atoms with Crippen LogP contribution in [0.3, 0.4) is 0 Å². The van der Waals surface area contributed by atoms with Gasteiger partial charge in [-0.05, 0) is 80.0 Å². The summed E-state index contributed by atoms with van der Waals surface area (Å²) in [6.45, 7) is 6.32. The topological polar surface area (TPSA) is 38.5 Å². The molecule has 2 heterocycles. The second kappa shape index (κ2) is 8.57. The minimum absolute atomic E-state index is 0.630. The minimum atomic E-state index is 0.630. The molecule has 4 heteroatoms. The number of aryl methyl sites for hydroxylation is 1. The van der Waals surface area contributed by atoms with E-state index in [9.17, 15) is 0 Å². The molecule has 1 aliphatic heterocycles. The minimum Gasteiger partial charge on any atom is -0.475 e. The van der Waals surface area contributed by atoms with Crippen molar-refractivity contribution in [1.29, 1.82) is 0 Å². The molecule has 0 atom stereocenters. The molecule has 0 unspecified atom stereocenters. The molecular weight excluding hydrogens is 336 g/mol. The van der Waals surface area contributed by atoms with Gasteiger partial charge < -0.3 is 14.2 Å². The van der Waals surface area contributed by atoms with E-state index in [4.69, 9.17) is 9.26 Å². The molecule has 1 saturated heterocycles. The third-order valence-electron chi connectivity index (χ3n) is 5.63. The summed E-state index contributed by atoms with van der Waals surface area (Å²) >= 11 is 0. The van der Waals surface area contributed by atoms with E-state index in [0.717, 1.165) is 36.3 Å². The van der Waals surface area contributed by atoms with E-state index >= 15 is 0 Å². The molecule has 0 saturated carbocycles. The molecule has 4 nitrogen and oxygen atoms in total. The van der Waals surface area contributed by atoms with Crippen LogP contribution in [-0.2, 0) is 6.42 Å². The van der Waals surface area contributed by atoms with Crippen molar-refractivity contribution in [3.8, 4) is 5.88 Å². The van der Waals surface area contributed by atoms with Crippen LogP contribution < -0.4 is 4.74 Å². The zero-order valence-electron chi connectivity index (χ0n) is 16.1. The van der Waals surface area contributed by atoms with Gasteiger partial charge >= 0.3 is 0 Å². The second-order valence-electron chi connectivity index (χ2n) is 7.65. The summed E-state index contributed by atoms with van der Waals surface area (Å²) in [5.41, 5.74) is 3.41. The average Bonchev–Trinajstić information content (AvgIpc) is 3.10. The van der Waals surface area contributed by atoms with Crippen LogP contribution in [0.15, 0.2) is 53.1 Å². The van der Waals surface area contributed by atoms with Gasteiger partial charge in [-0.1, -0.05) is 36.4 Å². The number of fused-ring (bicyclic) bond motifs is 1. The average molecular weight is 364 g/mol. The normalized spacial score (nSPS) is 16.0. The van der Waals surface area contributed by atoms with E-state index in [1.54, 1.807) is 0 Å². The van der Waals surface area contributed by atoms with E-state index in [2.05, 4.69) is 53.4 Å². The van der Waals surface area contributed by atoms with Crippen LogP contribution in [0.2, 0.25) is 0 Å². The van der Waals surface area contributed by atoms with Gasteiger partial charge in [0.05, 0.1) is 12.0 Å². The molecule has 3 aromatic rings. The molecule has 0 spiro atoms. The van der Waals surface area contributed by atoms with Crippen molar-refractivity contribution in [3.63, 3.8) is 0 Å². The van der Waals surface area contributed by atoms with Crippen molar-refractivity contribution in [2.24, 2.45) is 5.92 Å². The quantitative estimate of drug-likeness (QED) is 0.600. The van der Waals surface area contributed by atoms with Gasteiger partial charge in [-0.2, -0.15) is 0 Å². The van der Waals surface area contributed by atoms with Crippen LogP contribution in [-0.4, -0.2) is 36.3 Å². The number of hydrogen-bond donors (Lipinski definition) is 0. The lowest BCUT2D eigenvalue weighted by atomic mass is 9.93. The Balaban J connectivity index is 1.18. The summed E-state index contributed by atoms with van der Waals surface area (Å²) in [5, 5.41) is 5.05. The molecular formula is C23H28N2O2. The first kappa shape index (κ1) is 18.1.